The van der Waals surface area contributed by atoms with Gasteiger partial charge in [0.05, 0.1) is 16.7 Å². The summed E-state index contributed by atoms with van der Waals surface area (Å²) in [5.74, 6) is -1.25. The molecule has 5 nitrogen and oxygen atoms in total. The van der Waals surface area contributed by atoms with Gasteiger partial charge in [0.15, 0.2) is 0 Å². The number of nitrogens with zero attached hydrogens (tertiary/aromatic N) is 1. The minimum absolute atomic E-state index is 0.0405. The van der Waals surface area contributed by atoms with Crippen LogP contribution in [0.25, 0.3) is 0 Å². The van der Waals surface area contributed by atoms with Gasteiger partial charge >= 0.3 is 5.97 Å². The van der Waals surface area contributed by atoms with Gasteiger partial charge < -0.3 is 10.4 Å². The third-order valence-electron chi connectivity index (χ3n) is 4.17. The van der Waals surface area contributed by atoms with Gasteiger partial charge in [-0.25, -0.2) is 0 Å². The largest absolute Gasteiger partial charge is 0.481 e. The molecule has 110 valence electrons. The van der Waals surface area contributed by atoms with Crippen LogP contribution in [0.5, 0.6) is 0 Å². The van der Waals surface area contributed by atoms with Crippen LogP contribution in [0.3, 0.4) is 0 Å². The number of anilines is 1. The summed E-state index contributed by atoms with van der Waals surface area (Å²) in [4.78, 5) is 23.6. The van der Waals surface area contributed by atoms with E-state index in [2.05, 4.69) is 11.4 Å². The maximum atomic E-state index is 12.2. The molecular weight excluding hydrogens is 268 g/mol. The summed E-state index contributed by atoms with van der Waals surface area (Å²) >= 11 is 0. The lowest BCUT2D eigenvalue weighted by Crippen LogP contribution is -2.32. The van der Waals surface area contributed by atoms with E-state index >= 15 is 0 Å². The SMILES string of the molecule is Cc1cccc(NC(=O)CC2(C(=O)O)CCCC2)c1C#N. The summed E-state index contributed by atoms with van der Waals surface area (Å²) in [6.45, 7) is 1.80. The second-order valence-electron chi connectivity index (χ2n) is 5.63. The number of rotatable bonds is 4. The molecule has 5 heteroatoms. The minimum Gasteiger partial charge on any atom is -0.481 e. The molecule has 2 rings (SSSR count). The molecule has 0 atom stereocenters. The average molecular weight is 286 g/mol. The van der Waals surface area contributed by atoms with Crippen molar-refractivity contribution in [3.8, 4) is 6.07 Å². The number of aryl methyl sites for hydroxylation is 1. The van der Waals surface area contributed by atoms with Gasteiger partial charge in [-0.1, -0.05) is 25.0 Å². The van der Waals surface area contributed by atoms with Gasteiger partial charge in [-0.2, -0.15) is 5.26 Å². The standard InChI is InChI=1S/C16H18N2O3/c1-11-5-4-6-13(12(11)10-17)18-14(19)9-16(15(20)21)7-2-3-8-16/h4-6H,2-3,7-9H2,1H3,(H,18,19)(H,20,21). The minimum atomic E-state index is -0.944. The molecule has 0 aromatic heterocycles. The molecule has 1 amide bonds. The van der Waals surface area contributed by atoms with Crippen molar-refractivity contribution in [1.82, 2.24) is 0 Å². The highest BCUT2D eigenvalue weighted by atomic mass is 16.4. The Labute approximate surface area is 123 Å². The topological polar surface area (TPSA) is 90.2 Å². The molecule has 0 heterocycles. The van der Waals surface area contributed by atoms with Gasteiger partial charge in [0.2, 0.25) is 5.91 Å². The van der Waals surface area contributed by atoms with Crippen LogP contribution >= 0.6 is 0 Å². The van der Waals surface area contributed by atoms with Gasteiger partial charge in [0.25, 0.3) is 0 Å². The van der Waals surface area contributed by atoms with Crippen molar-refractivity contribution >= 4 is 17.6 Å². The lowest BCUT2D eigenvalue weighted by atomic mass is 9.82. The number of amides is 1. The van der Waals surface area contributed by atoms with Crippen molar-refractivity contribution < 1.29 is 14.7 Å². The number of hydrogen-bond acceptors (Lipinski definition) is 3. The van der Waals surface area contributed by atoms with Crippen molar-refractivity contribution in [2.75, 3.05) is 5.32 Å². The summed E-state index contributed by atoms with van der Waals surface area (Å²) in [6.07, 6.45) is 2.71. The Balaban J connectivity index is 2.14. The predicted octanol–water partition coefficient (Wildman–Crippen LogP) is 2.84. The molecule has 1 aromatic rings. The van der Waals surface area contributed by atoms with Crippen molar-refractivity contribution in [2.45, 2.75) is 39.0 Å². The Hall–Kier alpha value is -2.35. The number of nitriles is 1. The van der Waals surface area contributed by atoms with Crippen molar-refractivity contribution in [3.63, 3.8) is 0 Å². The maximum Gasteiger partial charge on any atom is 0.310 e. The number of benzene rings is 1. The molecule has 1 aliphatic carbocycles. The maximum absolute atomic E-state index is 12.2. The fourth-order valence-electron chi connectivity index (χ4n) is 2.94. The molecule has 0 aliphatic heterocycles. The second kappa shape index (κ2) is 5.96. The zero-order valence-corrected chi connectivity index (χ0v) is 12.0. The molecule has 1 aromatic carbocycles. The summed E-state index contributed by atoms with van der Waals surface area (Å²) in [7, 11) is 0. The van der Waals surface area contributed by atoms with Crippen molar-refractivity contribution in [3.05, 3.63) is 29.3 Å². The Morgan fingerprint density at radius 1 is 1.38 bits per heavy atom. The Morgan fingerprint density at radius 2 is 2.05 bits per heavy atom. The lowest BCUT2D eigenvalue weighted by Gasteiger charge is -2.23. The van der Waals surface area contributed by atoms with Crippen LogP contribution in [-0.2, 0) is 9.59 Å². The molecule has 0 radical (unpaired) electrons. The van der Waals surface area contributed by atoms with Crippen LogP contribution in [0.15, 0.2) is 18.2 Å². The monoisotopic (exact) mass is 286 g/mol. The predicted molar refractivity (Wildman–Crippen MR) is 77.7 cm³/mol. The first kappa shape index (κ1) is 15.0. The average Bonchev–Trinajstić information content (AvgIpc) is 2.88. The highest BCUT2D eigenvalue weighted by Crippen LogP contribution is 2.41. The first-order chi connectivity index (χ1) is 9.98. The molecular formula is C16H18N2O3. The first-order valence-electron chi connectivity index (χ1n) is 7.01. The zero-order valence-electron chi connectivity index (χ0n) is 12.0. The normalized spacial score (nSPS) is 16.2. The Kier molecular flexibility index (Phi) is 4.27. The number of carbonyl (C=O) groups is 2. The number of carbonyl (C=O) groups excluding carboxylic acids is 1. The molecule has 0 spiro atoms. The second-order valence-corrected chi connectivity index (χ2v) is 5.63. The van der Waals surface area contributed by atoms with Gasteiger partial charge in [0, 0.05) is 6.42 Å². The van der Waals surface area contributed by atoms with Crippen LogP contribution in [-0.4, -0.2) is 17.0 Å². The third-order valence-corrected chi connectivity index (χ3v) is 4.17. The molecule has 1 fully saturated rings. The summed E-state index contributed by atoms with van der Waals surface area (Å²) in [5, 5.41) is 21.2. The van der Waals surface area contributed by atoms with Crippen LogP contribution in [0.1, 0.15) is 43.2 Å². The molecule has 0 unspecified atom stereocenters. The van der Waals surface area contributed by atoms with Crippen LogP contribution in [0.4, 0.5) is 5.69 Å². The smallest absolute Gasteiger partial charge is 0.310 e. The van der Waals surface area contributed by atoms with Gasteiger partial charge in [-0.15, -0.1) is 0 Å². The first-order valence-corrected chi connectivity index (χ1v) is 7.01. The molecule has 0 bridgehead atoms. The van der Waals surface area contributed by atoms with E-state index in [1.165, 1.54) is 0 Å². The Morgan fingerprint density at radius 3 is 2.62 bits per heavy atom. The zero-order chi connectivity index (χ0) is 15.5. The number of carboxylic acids is 1. The van der Waals surface area contributed by atoms with Gasteiger partial charge in [-0.3, -0.25) is 9.59 Å². The molecule has 21 heavy (non-hydrogen) atoms. The quantitative estimate of drug-likeness (QED) is 0.890. The van der Waals surface area contributed by atoms with Crippen LogP contribution < -0.4 is 5.32 Å². The van der Waals surface area contributed by atoms with E-state index in [0.717, 1.165) is 18.4 Å². The number of nitrogens with one attached hydrogen (secondary N) is 1. The number of carboxylic acid groups (broad SMARTS) is 1. The highest BCUT2D eigenvalue weighted by Gasteiger charge is 2.43. The fraction of sp³-hybridized carbons (Fsp3) is 0.438. The molecule has 1 aliphatic rings. The Bertz CT molecular complexity index is 610. The van der Waals surface area contributed by atoms with E-state index in [4.69, 9.17) is 5.26 Å². The molecule has 2 N–H and O–H groups in total. The third kappa shape index (κ3) is 3.05. The van der Waals surface area contributed by atoms with E-state index in [1.807, 2.05) is 0 Å². The van der Waals surface area contributed by atoms with Crippen molar-refractivity contribution in [2.24, 2.45) is 5.41 Å². The van der Waals surface area contributed by atoms with E-state index < -0.39 is 11.4 Å². The summed E-state index contributed by atoms with van der Waals surface area (Å²) in [6, 6.07) is 7.28. The number of hydrogen-bond donors (Lipinski definition) is 2. The molecule has 1 saturated carbocycles. The van der Waals surface area contributed by atoms with E-state index in [-0.39, 0.29) is 12.3 Å². The van der Waals surface area contributed by atoms with E-state index in [0.29, 0.717) is 24.1 Å². The van der Waals surface area contributed by atoms with Gasteiger partial charge in [0.1, 0.15) is 6.07 Å². The number of aliphatic carboxylic acids is 1. The van der Waals surface area contributed by atoms with Crippen LogP contribution in [0.2, 0.25) is 0 Å². The summed E-state index contributed by atoms with van der Waals surface area (Å²) in [5.41, 5.74) is 0.701. The van der Waals surface area contributed by atoms with Crippen molar-refractivity contribution in [1.29, 1.82) is 5.26 Å². The fourth-order valence-corrected chi connectivity index (χ4v) is 2.94. The highest BCUT2D eigenvalue weighted by molar-refractivity contribution is 5.95. The van der Waals surface area contributed by atoms with Crippen LogP contribution in [0, 0.1) is 23.7 Å². The van der Waals surface area contributed by atoms with E-state index in [1.54, 1.807) is 25.1 Å². The summed E-state index contributed by atoms with van der Waals surface area (Å²) < 4.78 is 0. The molecule has 0 saturated heterocycles. The van der Waals surface area contributed by atoms with Gasteiger partial charge in [-0.05, 0) is 31.4 Å². The van der Waals surface area contributed by atoms with E-state index in [9.17, 15) is 14.7 Å². The lowest BCUT2D eigenvalue weighted by molar-refractivity contribution is -0.150.